The second-order valence-corrected chi connectivity index (χ2v) is 4.12. The van der Waals surface area contributed by atoms with E-state index in [0.29, 0.717) is 6.04 Å². The summed E-state index contributed by atoms with van der Waals surface area (Å²) in [5.74, 6) is 0. The van der Waals surface area contributed by atoms with E-state index in [1.54, 1.807) is 0 Å². The van der Waals surface area contributed by atoms with Gasteiger partial charge in [0.05, 0.1) is 6.04 Å². The Balaban J connectivity index is 2.52. The van der Waals surface area contributed by atoms with E-state index in [1.165, 1.54) is 22.0 Å². The molecule has 1 atom stereocenters. The fraction of sp³-hybridized carbons (Fsp3) is 0.333. The minimum absolute atomic E-state index is 0.467. The highest BCUT2D eigenvalue weighted by Gasteiger charge is 2.07. The standard InChI is InChI=1S/C12H16N2/c1-8-4-3-5-11-10(6-9(2)13)7-14-12(8)11/h3-5,7,9,14H,6,13H2,1-2H3/p+1/t9-/m1/s1. The van der Waals surface area contributed by atoms with Crippen molar-refractivity contribution in [2.24, 2.45) is 0 Å². The Morgan fingerprint density at radius 1 is 1.43 bits per heavy atom. The maximum absolute atomic E-state index is 4.03. The molecule has 1 heterocycles. The number of hydrogen-bond donors (Lipinski definition) is 2. The number of H-pyrrole nitrogens is 1. The van der Waals surface area contributed by atoms with Gasteiger partial charge in [0.15, 0.2) is 0 Å². The fourth-order valence-electron chi connectivity index (χ4n) is 1.91. The second kappa shape index (κ2) is 3.46. The first-order valence-corrected chi connectivity index (χ1v) is 5.07. The van der Waals surface area contributed by atoms with Gasteiger partial charge in [0.2, 0.25) is 0 Å². The first-order chi connectivity index (χ1) is 6.68. The summed E-state index contributed by atoms with van der Waals surface area (Å²) in [6, 6.07) is 6.89. The van der Waals surface area contributed by atoms with E-state index >= 15 is 0 Å². The van der Waals surface area contributed by atoms with Crippen molar-refractivity contribution >= 4 is 10.9 Å². The van der Waals surface area contributed by atoms with E-state index in [2.05, 4.69) is 49.0 Å². The molecule has 0 amide bonds. The molecule has 1 aromatic heterocycles. The topological polar surface area (TPSA) is 43.4 Å². The van der Waals surface area contributed by atoms with Gasteiger partial charge in [-0.05, 0) is 25.0 Å². The Bertz CT molecular complexity index is 441. The van der Waals surface area contributed by atoms with Crippen LogP contribution in [0.3, 0.4) is 0 Å². The van der Waals surface area contributed by atoms with E-state index in [1.807, 2.05) is 0 Å². The maximum atomic E-state index is 4.03. The molecule has 0 aliphatic carbocycles. The Hall–Kier alpha value is -1.28. The number of nitrogens with one attached hydrogen (secondary N) is 1. The predicted octanol–water partition coefficient (Wildman–Crippen LogP) is 1.65. The van der Waals surface area contributed by atoms with Gasteiger partial charge < -0.3 is 10.7 Å². The van der Waals surface area contributed by atoms with Crippen LogP contribution in [-0.2, 0) is 6.42 Å². The molecule has 0 unspecified atom stereocenters. The van der Waals surface area contributed by atoms with Gasteiger partial charge in [-0.15, -0.1) is 0 Å². The van der Waals surface area contributed by atoms with Crippen LogP contribution < -0.4 is 5.73 Å². The molecule has 14 heavy (non-hydrogen) atoms. The molecule has 0 aliphatic rings. The zero-order valence-corrected chi connectivity index (χ0v) is 8.80. The maximum Gasteiger partial charge on any atom is 0.0856 e. The van der Waals surface area contributed by atoms with Gasteiger partial charge in [0.25, 0.3) is 0 Å². The zero-order valence-electron chi connectivity index (χ0n) is 8.80. The monoisotopic (exact) mass is 189 g/mol. The van der Waals surface area contributed by atoms with Crippen LogP contribution in [0.4, 0.5) is 0 Å². The van der Waals surface area contributed by atoms with E-state index in [9.17, 15) is 0 Å². The molecular formula is C12H17N2+. The van der Waals surface area contributed by atoms with Gasteiger partial charge in [-0.25, -0.2) is 0 Å². The normalized spacial score (nSPS) is 13.4. The lowest BCUT2D eigenvalue weighted by atomic mass is 10.1. The molecule has 4 N–H and O–H groups in total. The minimum atomic E-state index is 0.467. The number of para-hydroxylation sites is 1. The van der Waals surface area contributed by atoms with Crippen molar-refractivity contribution in [2.75, 3.05) is 0 Å². The lowest BCUT2D eigenvalue weighted by Gasteiger charge is -2.00. The van der Waals surface area contributed by atoms with Gasteiger partial charge in [-0.2, -0.15) is 0 Å². The quantitative estimate of drug-likeness (QED) is 0.721. The van der Waals surface area contributed by atoms with Gasteiger partial charge >= 0.3 is 0 Å². The smallest absolute Gasteiger partial charge is 0.0856 e. The van der Waals surface area contributed by atoms with Crippen molar-refractivity contribution in [3.63, 3.8) is 0 Å². The number of hydrogen-bond acceptors (Lipinski definition) is 0. The average molecular weight is 189 g/mol. The first kappa shape index (κ1) is 9.28. The summed E-state index contributed by atoms with van der Waals surface area (Å²) in [7, 11) is 0. The fourth-order valence-corrected chi connectivity index (χ4v) is 1.91. The Labute approximate surface area is 84.1 Å². The number of benzene rings is 1. The largest absolute Gasteiger partial charge is 0.361 e. The van der Waals surface area contributed by atoms with Crippen LogP contribution in [0.25, 0.3) is 10.9 Å². The zero-order chi connectivity index (χ0) is 10.1. The molecule has 0 saturated heterocycles. The molecule has 2 aromatic rings. The molecule has 0 spiro atoms. The first-order valence-electron chi connectivity index (χ1n) is 5.07. The van der Waals surface area contributed by atoms with Crippen LogP contribution >= 0.6 is 0 Å². The van der Waals surface area contributed by atoms with Crippen LogP contribution in [0.1, 0.15) is 18.1 Å². The third kappa shape index (κ3) is 1.53. The van der Waals surface area contributed by atoms with Crippen molar-refractivity contribution in [3.05, 3.63) is 35.5 Å². The molecule has 1 aromatic carbocycles. The highest BCUT2D eigenvalue weighted by molar-refractivity contribution is 5.85. The van der Waals surface area contributed by atoms with Crippen molar-refractivity contribution in [3.8, 4) is 0 Å². The third-order valence-electron chi connectivity index (χ3n) is 2.58. The van der Waals surface area contributed by atoms with Gasteiger partial charge in [-0.1, -0.05) is 18.2 Å². The lowest BCUT2D eigenvalue weighted by molar-refractivity contribution is -0.413. The summed E-state index contributed by atoms with van der Waals surface area (Å²) in [4.78, 5) is 3.33. The van der Waals surface area contributed by atoms with Crippen LogP contribution in [0, 0.1) is 6.92 Å². The Morgan fingerprint density at radius 2 is 2.21 bits per heavy atom. The number of rotatable bonds is 2. The van der Waals surface area contributed by atoms with Crippen molar-refractivity contribution in [1.82, 2.24) is 4.98 Å². The minimum Gasteiger partial charge on any atom is -0.361 e. The summed E-state index contributed by atoms with van der Waals surface area (Å²) in [6.45, 7) is 4.28. The molecule has 0 bridgehead atoms. The molecule has 0 fully saturated rings. The van der Waals surface area contributed by atoms with Crippen LogP contribution in [0.15, 0.2) is 24.4 Å². The van der Waals surface area contributed by atoms with Gasteiger partial charge in [0.1, 0.15) is 0 Å². The lowest BCUT2D eigenvalue weighted by Crippen LogP contribution is -2.60. The van der Waals surface area contributed by atoms with Gasteiger partial charge in [0, 0.05) is 23.5 Å². The number of fused-ring (bicyclic) bond motifs is 1. The number of aromatic amines is 1. The highest BCUT2D eigenvalue weighted by Crippen LogP contribution is 2.21. The van der Waals surface area contributed by atoms with Crippen molar-refractivity contribution in [2.45, 2.75) is 26.3 Å². The summed E-state index contributed by atoms with van der Waals surface area (Å²) in [5, 5.41) is 1.35. The van der Waals surface area contributed by atoms with E-state index in [4.69, 9.17) is 0 Å². The SMILES string of the molecule is Cc1cccc2c(C[C@@H](C)[NH3+])c[nH]c12. The molecule has 2 nitrogen and oxygen atoms in total. The van der Waals surface area contributed by atoms with Crippen LogP contribution in [-0.4, -0.2) is 11.0 Å². The predicted molar refractivity (Wildman–Crippen MR) is 59.1 cm³/mol. The van der Waals surface area contributed by atoms with Crippen molar-refractivity contribution in [1.29, 1.82) is 0 Å². The summed E-state index contributed by atoms with van der Waals surface area (Å²) in [5.41, 5.74) is 7.99. The van der Waals surface area contributed by atoms with Gasteiger partial charge in [-0.3, -0.25) is 0 Å². The van der Waals surface area contributed by atoms with Crippen molar-refractivity contribution < 1.29 is 5.73 Å². The molecule has 0 aliphatic heterocycles. The van der Waals surface area contributed by atoms with E-state index in [0.717, 1.165) is 6.42 Å². The summed E-state index contributed by atoms with van der Waals surface area (Å²) in [6.07, 6.45) is 3.16. The molecular weight excluding hydrogens is 172 g/mol. The molecule has 2 heteroatoms. The second-order valence-electron chi connectivity index (χ2n) is 4.12. The number of aryl methyl sites for hydroxylation is 1. The number of aromatic nitrogens is 1. The summed E-state index contributed by atoms with van der Waals surface area (Å²) < 4.78 is 0. The molecule has 0 radical (unpaired) electrons. The van der Waals surface area contributed by atoms with Crippen LogP contribution in [0.5, 0.6) is 0 Å². The molecule has 2 rings (SSSR count). The van der Waals surface area contributed by atoms with Crippen LogP contribution in [0.2, 0.25) is 0 Å². The highest BCUT2D eigenvalue weighted by atomic mass is 14.7. The van der Waals surface area contributed by atoms with E-state index < -0.39 is 0 Å². The Kier molecular flexibility index (Phi) is 2.30. The summed E-state index contributed by atoms with van der Waals surface area (Å²) >= 11 is 0. The molecule has 74 valence electrons. The molecule has 0 saturated carbocycles. The Morgan fingerprint density at radius 3 is 2.93 bits per heavy atom. The van der Waals surface area contributed by atoms with E-state index in [-0.39, 0.29) is 0 Å². The third-order valence-corrected chi connectivity index (χ3v) is 2.58. The average Bonchev–Trinajstić information content (AvgIpc) is 2.49. The number of quaternary nitrogens is 1.